The standard InChI is InChI=1S/C12H13NO4/c1-12(11(14)15)7-10(13-17-12)8-3-5-9(16-2)6-4-8/h3-6H,7H2,1-2H3,(H,14,15)/t12-/m0/s1. The van der Waals surface area contributed by atoms with E-state index in [1.54, 1.807) is 19.2 Å². The Labute approximate surface area is 98.6 Å². The van der Waals surface area contributed by atoms with Crippen LogP contribution in [-0.4, -0.2) is 29.5 Å². The van der Waals surface area contributed by atoms with Gasteiger partial charge in [0.1, 0.15) is 5.75 Å². The third-order valence-corrected chi connectivity index (χ3v) is 2.74. The van der Waals surface area contributed by atoms with Gasteiger partial charge in [-0.05, 0) is 36.8 Å². The van der Waals surface area contributed by atoms with Gasteiger partial charge in [0.15, 0.2) is 0 Å². The van der Waals surface area contributed by atoms with Crippen LogP contribution < -0.4 is 4.74 Å². The summed E-state index contributed by atoms with van der Waals surface area (Å²) in [6.07, 6.45) is 0.259. The summed E-state index contributed by atoms with van der Waals surface area (Å²) in [5.74, 6) is -0.265. The number of benzene rings is 1. The van der Waals surface area contributed by atoms with Gasteiger partial charge in [-0.3, -0.25) is 0 Å². The normalized spacial score (nSPS) is 22.8. The predicted octanol–water partition coefficient (Wildman–Crippen LogP) is 1.66. The van der Waals surface area contributed by atoms with Crippen LogP contribution in [0.1, 0.15) is 18.9 Å². The van der Waals surface area contributed by atoms with Gasteiger partial charge in [-0.2, -0.15) is 0 Å². The zero-order valence-corrected chi connectivity index (χ0v) is 9.64. The largest absolute Gasteiger partial charge is 0.497 e. The second-order valence-corrected chi connectivity index (χ2v) is 4.07. The zero-order valence-electron chi connectivity index (χ0n) is 9.64. The van der Waals surface area contributed by atoms with E-state index < -0.39 is 11.6 Å². The second-order valence-electron chi connectivity index (χ2n) is 4.07. The molecule has 0 spiro atoms. The molecule has 1 aromatic carbocycles. The smallest absolute Gasteiger partial charge is 0.351 e. The molecule has 1 aromatic rings. The maximum Gasteiger partial charge on any atom is 0.351 e. The Kier molecular flexibility index (Phi) is 2.75. The van der Waals surface area contributed by atoms with Crippen LogP contribution in [0.3, 0.4) is 0 Å². The average Bonchev–Trinajstić information content (AvgIpc) is 2.74. The molecular formula is C12H13NO4. The van der Waals surface area contributed by atoms with Crippen molar-refractivity contribution in [1.29, 1.82) is 0 Å². The summed E-state index contributed by atoms with van der Waals surface area (Å²) >= 11 is 0. The fraction of sp³-hybridized carbons (Fsp3) is 0.333. The molecule has 0 aliphatic carbocycles. The van der Waals surface area contributed by atoms with Gasteiger partial charge in [-0.1, -0.05) is 5.16 Å². The van der Waals surface area contributed by atoms with Crippen molar-refractivity contribution < 1.29 is 19.5 Å². The van der Waals surface area contributed by atoms with Crippen LogP contribution >= 0.6 is 0 Å². The Morgan fingerprint density at radius 3 is 2.59 bits per heavy atom. The summed E-state index contributed by atoms with van der Waals surface area (Å²) in [7, 11) is 1.59. The van der Waals surface area contributed by atoms with Crippen molar-refractivity contribution >= 4 is 11.7 Å². The molecule has 0 bridgehead atoms. The van der Waals surface area contributed by atoms with Crippen LogP contribution in [-0.2, 0) is 9.63 Å². The summed E-state index contributed by atoms with van der Waals surface area (Å²) < 4.78 is 5.05. The molecule has 0 saturated heterocycles. The van der Waals surface area contributed by atoms with Gasteiger partial charge in [-0.25, -0.2) is 4.79 Å². The first kappa shape index (κ1) is 11.4. The molecule has 17 heavy (non-hydrogen) atoms. The van der Waals surface area contributed by atoms with Crippen molar-refractivity contribution in [2.45, 2.75) is 18.9 Å². The molecule has 0 amide bonds. The lowest BCUT2D eigenvalue weighted by atomic mass is 9.96. The Bertz CT molecular complexity index is 466. The molecule has 0 saturated carbocycles. The highest BCUT2D eigenvalue weighted by molar-refractivity contribution is 6.04. The fourth-order valence-electron chi connectivity index (χ4n) is 1.59. The summed E-state index contributed by atoms with van der Waals surface area (Å²) in [6, 6.07) is 7.26. The van der Waals surface area contributed by atoms with Crippen LogP contribution in [0.2, 0.25) is 0 Å². The molecule has 0 fully saturated rings. The molecule has 1 atom stereocenters. The molecular weight excluding hydrogens is 222 g/mol. The van der Waals surface area contributed by atoms with Gasteiger partial charge in [0.25, 0.3) is 0 Å². The Morgan fingerprint density at radius 1 is 1.47 bits per heavy atom. The van der Waals surface area contributed by atoms with Crippen LogP contribution in [0, 0.1) is 0 Å². The van der Waals surface area contributed by atoms with Gasteiger partial charge >= 0.3 is 5.97 Å². The third kappa shape index (κ3) is 2.08. The molecule has 1 heterocycles. The van der Waals surface area contributed by atoms with Gasteiger partial charge in [-0.15, -0.1) is 0 Å². The first-order chi connectivity index (χ1) is 8.05. The Morgan fingerprint density at radius 2 is 2.12 bits per heavy atom. The summed E-state index contributed by atoms with van der Waals surface area (Å²) in [4.78, 5) is 16.0. The van der Waals surface area contributed by atoms with Crippen molar-refractivity contribution in [3.8, 4) is 5.75 Å². The first-order valence-corrected chi connectivity index (χ1v) is 5.18. The number of aliphatic carboxylic acids is 1. The van der Waals surface area contributed by atoms with E-state index in [2.05, 4.69) is 5.16 Å². The van der Waals surface area contributed by atoms with E-state index in [0.717, 1.165) is 11.3 Å². The van der Waals surface area contributed by atoms with Gasteiger partial charge < -0.3 is 14.7 Å². The molecule has 2 rings (SSSR count). The van der Waals surface area contributed by atoms with Gasteiger partial charge in [0.2, 0.25) is 5.60 Å². The lowest BCUT2D eigenvalue weighted by Crippen LogP contribution is -2.35. The monoisotopic (exact) mass is 235 g/mol. The number of carboxylic acids is 1. The lowest BCUT2D eigenvalue weighted by Gasteiger charge is -2.14. The van der Waals surface area contributed by atoms with Crippen molar-refractivity contribution in [3.05, 3.63) is 29.8 Å². The molecule has 90 valence electrons. The number of carboxylic acid groups (broad SMARTS) is 1. The van der Waals surface area contributed by atoms with Gasteiger partial charge in [0.05, 0.1) is 12.8 Å². The number of ether oxygens (including phenoxy) is 1. The molecule has 0 radical (unpaired) electrons. The maximum absolute atomic E-state index is 11.0. The molecule has 0 unspecified atom stereocenters. The number of oxime groups is 1. The van der Waals surface area contributed by atoms with Crippen molar-refractivity contribution in [1.82, 2.24) is 0 Å². The minimum Gasteiger partial charge on any atom is -0.497 e. The SMILES string of the molecule is COc1ccc(C2=NO[C@](C)(C(=O)O)C2)cc1. The van der Waals surface area contributed by atoms with E-state index in [1.807, 2.05) is 12.1 Å². The van der Waals surface area contributed by atoms with Crippen LogP contribution in [0.15, 0.2) is 29.4 Å². The van der Waals surface area contributed by atoms with Crippen LogP contribution in [0.25, 0.3) is 0 Å². The number of hydrogen-bond acceptors (Lipinski definition) is 4. The fourth-order valence-corrected chi connectivity index (χ4v) is 1.59. The van der Waals surface area contributed by atoms with E-state index in [0.29, 0.717) is 5.71 Å². The number of methoxy groups -OCH3 is 1. The molecule has 5 nitrogen and oxygen atoms in total. The minimum atomic E-state index is -1.25. The third-order valence-electron chi connectivity index (χ3n) is 2.74. The highest BCUT2D eigenvalue weighted by Gasteiger charge is 2.42. The molecule has 0 aromatic heterocycles. The minimum absolute atomic E-state index is 0.259. The summed E-state index contributed by atoms with van der Waals surface area (Å²) in [5, 5.41) is 12.8. The zero-order chi connectivity index (χ0) is 12.5. The Hall–Kier alpha value is -2.04. The van der Waals surface area contributed by atoms with Crippen LogP contribution in [0.4, 0.5) is 0 Å². The van der Waals surface area contributed by atoms with E-state index in [9.17, 15) is 4.79 Å². The highest BCUT2D eigenvalue weighted by atomic mass is 16.7. The first-order valence-electron chi connectivity index (χ1n) is 5.18. The van der Waals surface area contributed by atoms with E-state index in [-0.39, 0.29) is 6.42 Å². The topological polar surface area (TPSA) is 68.1 Å². The quantitative estimate of drug-likeness (QED) is 0.865. The summed E-state index contributed by atoms with van der Waals surface area (Å²) in [5.41, 5.74) is 0.225. The second kappa shape index (κ2) is 4.08. The average molecular weight is 235 g/mol. The molecule has 1 aliphatic rings. The number of carbonyl (C=O) groups is 1. The van der Waals surface area contributed by atoms with Crippen molar-refractivity contribution in [3.63, 3.8) is 0 Å². The van der Waals surface area contributed by atoms with E-state index in [4.69, 9.17) is 14.7 Å². The predicted molar refractivity (Wildman–Crippen MR) is 61.3 cm³/mol. The molecule has 1 N–H and O–H groups in total. The van der Waals surface area contributed by atoms with Crippen molar-refractivity contribution in [2.75, 3.05) is 7.11 Å². The lowest BCUT2D eigenvalue weighted by molar-refractivity contribution is -0.160. The number of hydrogen-bond donors (Lipinski definition) is 1. The summed E-state index contributed by atoms with van der Waals surface area (Å²) in [6.45, 7) is 1.51. The number of nitrogens with zero attached hydrogens (tertiary/aromatic N) is 1. The Balaban J connectivity index is 2.17. The van der Waals surface area contributed by atoms with Crippen molar-refractivity contribution in [2.24, 2.45) is 5.16 Å². The molecule has 1 aliphatic heterocycles. The van der Waals surface area contributed by atoms with Crippen LogP contribution in [0.5, 0.6) is 5.75 Å². The van der Waals surface area contributed by atoms with Gasteiger partial charge in [0, 0.05) is 6.42 Å². The molecule has 5 heteroatoms. The van der Waals surface area contributed by atoms with E-state index >= 15 is 0 Å². The number of rotatable bonds is 3. The van der Waals surface area contributed by atoms with E-state index in [1.165, 1.54) is 6.92 Å². The highest BCUT2D eigenvalue weighted by Crippen LogP contribution is 2.27. The maximum atomic E-state index is 11.0.